The normalized spacial score (nSPS) is 18.6. The Kier molecular flexibility index (Phi) is 5.64. The third-order valence-corrected chi connectivity index (χ3v) is 4.75. The Morgan fingerprint density at radius 1 is 1.33 bits per heavy atom. The molecule has 2 aromatic heterocycles. The molecule has 1 atom stereocenters. The maximum absolute atomic E-state index is 12.4. The second kappa shape index (κ2) is 8.11. The van der Waals surface area contributed by atoms with Gasteiger partial charge in [-0.15, -0.1) is 0 Å². The van der Waals surface area contributed by atoms with Crippen LogP contribution in [0.1, 0.15) is 30.5 Å². The molecule has 0 N–H and O–H groups in total. The molecule has 0 spiro atoms. The molecule has 1 fully saturated rings. The number of aromatic nitrogens is 1. The number of likely N-dealkylation sites (tertiary alicyclic amines) is 1. The van der Waals surface area contributed by atoms with Crippen LogP contribution in [0.2, 0.25) is 0 Å². The summed E-state index contributed by atoms with van der Waals surface area (Å²) < 4.78 is 5.05. The molecule has 1 amide bonds. The van der Waals surface area contributed by atoms with Crippen LogP contribution < -0.4 is 0 Å². The molecule has 0 aromatic carbocycles. The van der Waals surface area contributed by atoms with Gasteiger partial charge in [-0.1, -0.05) is 6.07 Å². The van der Waals surface area contributed by atoms with E-state index < -0.39 is 0 Å². The molecule has 1 aliphatic heterocycles. The number of amides is 1. The van der Waals surface area contributed by atoms with Gasteiger partial charge in [0.1, 0.15) is 0 Å². The summed E-state index contributed by atoms with van der Waals surface area (Å²) in [7, 11) is 2.16. The Bertz CT molecular complexity index is 627. The standard InChI is InChI=1S/C19H25N3O2/c1-21(14-17-5-2-3-9-20-17)18-6-4-10-22(11-7-18)19(23)13-16-8-12-24-15-16/h2-3,5,8-9,12,15,18H,4,6-7,10-11,13-14H2,1H3/t18-/m0/s1. The van der Waals surface area contributed by atoms with Gasteiger partial charge in [0.15, 0.2) is 0 Å². The molecular weight excluding hydrogens is 302 g/mol. The summed E-state index contributed by atoms with van der Waals surface area (Å²) in [5, 5.41) is 0. The zero-order chi connectivity index (χ0) is 16.8. The Morgan fingerprint density at radius 3 is 3.00 bits per heavy atom. The predicted molar refractivity (Wildman–Crippen MR) is 92.3 cm³/mol. The van der Waals surface area contributed by atoms with Gasteiger partial charge in [-0.05, 0) is 50.1 Å². The molecule has 0 bridgehead atoms. The quantitative estimate of drug-likeness (QED) is 0.847. The van der Waals surface area contributed by atoms with E-state index in [0.717, 1.165) is 50.2 Å². The van der Waals surface area contributed by atoms with Crippen molar-refractivity contribution in [3.8, 4) is 0 Å². The van der Waals surface area contributed by atoms with Gasteiger partial charge in [-0.25, -0.2) is 0 Å². The van der Waals surface area contributed by atoms with Gasteiger partial charge in [0.05, 0.1) is 24.6 Å². The molecule has 3 rings (SSSR count). The highest BCUT2D eigenvalue weighted by Crippen LogP contribution is 2.18. The highest BCUT2D eigenvalue weighted by atomic mass is 16.3. The van der Waals surface area contributed by atoms with Crippen molar-refractivity contribution in [2.24, 2.45) is 0 Å². The Morgan fingerprint density at radius 2 is 2.25 bits per heavy atom. The van der Waals surface area contributed by atoms with E-state index in [4.69, 9.17) is 4.42 Å². The first kappa shape index (κ1) is 16.7. The molecule has 0 saturated carbocycles. The van der Waals surface area contributed by atoms with Crippen molar-refractivity contribution in [2.45, 2.75) is 38.3 Å². The number of nitrogens with zero attached hydrogens (tertiary/aromatic N) is 3. The molecule has 0 aliphatic carbocycles. The summed E-state index contributed by atoms with van der Waals surface area (Å²) in [5.74, 6) is 0.199. The lowest BCUT2D eigenvalue weighted by atomic mass is 10.1. The van der Waals surface area contributed by atoms with E-state index in [0.29, 0.717) is 12.5 Å². The molecule has 24 heavy (non-hydrogen) atoms. The molecule has 2 aromatic rings. The highest BCUT2D eigenvalue weighted by molar-refractivity contribution is 5.78. The molecule has 3 heterocycles. The van der Waals surface area contributed by atoms with Crippen molar-refractivity contribution in [3.63, 3.8) is 0 Å². The average molecular weight is 327 g/mol. The lowest BCUT2D eigenvalue weighted by Gasteiger charge is -2.27. The van der Waals surface area contributed by atoms with Crippen molar-refractivity contribution in [1.29, 1.82) is 0 Å². The second-order valence-electron chi connectivity index (χ2n) is 6.51. The van der Waals surface area contributed by atoms with E-state index in [-0.39, 0.29) is 5.91 Å². The first-order valence-electron chi connectivity index (χ1n) is 8.61. The zero-order valence-corrected chi connectivity index (χ0v) is 14.2. The molecule has 5 nitrogen and oxygen atoms in total. The molecular formula is C19H25N3O2. The van der Waals surface area contributed by atoms with Crippen molar-refractivity contribution in [2.75, 3.05) is 20.1 Å². The van der Waals surface area contributed by atoms with Crippen LogP contribution in [0.3, 0.4) is 0 Å². The van der Waals surface area contributed by atoms with Gasteiger partial charge < -0.3 is 9.32 Å². The maximum atomic E-state index is 12.4. The first-order valence-corrected chi connectivity index (χ1v) is 8.61. The van der Waals surface area contributed by atoms with Crippen LogP contribution in [0.15, 0.2) is 47.4 Å². The molecule has 1 aliphatic rings. The van der Waals surface area contributed by atoms with Crippen LogP contribution in [0.4, 0.5) is 0 Å². The number of rotatable bonds is 5. The third kappa shape index (κ3) is 4.45. The molecule has 128 valence electrons. The summed E-state index contributed by atoms with van der Waals surface area (Å²) in [6.45, 7) is 2.53. The largest absolute Gasteiger partial charge is 0.472 e. The van der Waals surface area contributed by atoms with E-state index in [1.807, 2.05) is 29.3 Å². The maximum Gasteiger partial charge on any atom is 0.227 e. The monoisotopic (exact) mass is 327 g/mol. The van der Waals surface area contributed by atoms with E-state index in [1.165, 1.54) is 0 Å². The fraction of sp³-hybridized carbons (Fsp3) is 0.474. The number of furan rings is 1. The molecule has 0 unspecified atom stereocenters. The predicted octanol–water partition coefficient (Wildman–Crippen LogP) is 2.73. The third-order valence-electron chi connectivity index (χ3n) is 4.75. The van der Waals surface area contributed by atoms with E-state index in [1.54, 1.807) is 12.5 Å². The summed E-state index contributed by atoms with van der Waals surface area (Å²) in [6.07, 6.45) is 8.73. The lowest BCUT2D eigenvalue weighted by molar-refractivity contribution is -0.130. The summed E-state index contributed by atoms with van der Waals surface area (Å²) in [6, 6.07) is 8.39. The summed E-state index contributed by atoms with van der Waals surface area (Å²) in [5.41, 5.74) is 2.05. The van der Waals surface area contributed by atoms with Crippen LogP contribution in [0.5, 0.6) is 0 Å². The van der Waals surface area contributed by atoms with E-state index in [2.05, 4.69) is 23.0 Å². The Labute approximate surface area is 143 Å². The number of hydrogen-bond acceptors (Lipinski definition) is 4. The number of hydrogen-bond donors (Lipinski definition) is 0. The molecule has 1 saturated heterocycles. The minimum Gasteiger partial charge on any atom is -0.472 e. The van der Waals surface area contributed by atoms with E-state index in [9.17, 15) is 4.79 Å². The topological polar surface area (TPSA) is 49.6 Å². The van der Waals surface area contributed by atoms with Crippen LogP contribution in [-0.2, 0) is 17.8 Å². The summed E-state index contributed by atoms with van der Waals surface area (Å²) >= 11 is 0. The first-order chi connectivity index (χ1) is 11.7. The van der Waals surface area contributed by atoms with Gasteiger partial charge in [0, 0.05) is 31.9 Å². The van der Waals surface area contributed by atoms with Gasteiger partial charge >= 0.3 is 0 Å². The summed E-state index contributed by atoms with van der Waals surface area (Å²) in [4.78, 5) is 21.2. The number of carbonyl (C=O) groups excluding carboxylic acids is 1. The fourth-order valence-corrected chi connectivity index (χ4v) is 3.32. The van der Waals surface area contributed by atoms with Crippen LogP contribution in [0.25, 0.3) is 0 Å². The van der Waals surface area contributed by atoms with Gasteiger partial charge in [0.25, 0.3) is 0 Å². The van der Waals surface area contributed by atoms with Crippen molar-refractivity contribution in [3.05, 3.63) is 54.2 Å². The SMILES string of the molecule is CN(Cc1ccccn1)[C@H]1CCCN(C(=O)Cc2ccoc2)CC1. The number of pyridine rings is 1. The van der Waals surface area contributed by atoms with Gasteiger partial charge in [-0.2, -0.15) is 0 Å². The lowest BCUT2D eigenvalue weighted by Crippen LogP contribution is -2.35. The average Bonchev–Trinajstić information content (AvgIpc) is 2.96. The van der Waals surface area contributed by atoms with Crippen molar-refractivity contribution < 1.29 is 9.21 Å². The Hall–Kier alpha value is -2.14. The van der Waals surface area contributed by atoms with Gasteiger partial charge in [0.2, 0.25) is 5.91 Å². The highest BCUT2D eigenvalue weighted by Gasteiger charge is 2.23. The minimum atomic E-state index is 0.199. The van der Waals surface area contributed by atoms with Gasteiger partial charge in [-0.3, -0.25) is 14.7 Å². The van der Waals surface area contributed by atoms with Crippen LogP contribution >= 0.6 is 0 Å². The molecule has 0 radical (unpaired) electrons. The van der Waals surface area contributed by atoms with Crippen LogP contribution in [-0.4, -0.2) is 46.9 Å². The van der Waals surface area contributed by atoms with Crippen molar-refractivity contribution in [1.82, 2.24) is 14.8 Å². The Balaban J connectivity index is 1.51. The molecule has 5 heteroatoms. The fourth-order valence-electron chi connectivity index (χ4n) is 3.32. The number of carbonyl (C=O) groups is 1. The minimum absolute atomic E-state index is 0.199. The zero-order valence-electron chi connectivity index (χ0n) is 14.2. The van der Waals surface area contributed by atoms with E-state index >= 15 is 0 Å². The van der Waals surface area contributed by atoms with Crippen molar-refractivity contribution >= 4 is 5.91 Å². The second-order valence-corrected chi connectivity index (χ2v) is 6.51. The van der Waals surface area contributed by atoms with Crippen LogP contribution in [0, 0.1) is 0 Å². The smallest absolute Gasteiger partial charge is 0.227 e.